The Morgan fingerprint density at radius 1 is 0.389 bits per heavy atom. The first-order valence-corrected chi connectivity index (χ1v) is 22.3. The van der Waals surface area contributed by atoms with Gasteiger partial charge in [0.15, 0.2) is 0 Å². The van der Waals surface area contributed by atoms with Crippen molar-refractivity contribution < 1.29 is 34.6 Å². The summed E-state index contributed by atoms with van der Waals surface area (Å²) in [7, 11) is -13.8. The first kappa shape index (κ1) is 34.4. The number of rotatable bonds is 16. The minimum atomic E-state index is -4.05. The second-order valence-corrected chi connectivity index (χ2v) is 20.6. The molecule has 1 saturated heterocycles. The lowest BCUT2D eigenvalue weighted by Crippen LogP contribution is -2.74. The fourth-order valence-electron chi connectivity index (χ4n) is 3.66. The highest BCUT2D eigenvalue weighted by Gasteiger charge is 2.69. The summed E-state index contributed by atoms with van der Waals surface area (Å²) in [5.41, 5.74) is 0. The Labute approximate surface area is 223 Å². The van der Waals surface area contributed by atoms with Crippen molar-refractivity contribution in [2.75, 3.05) is 52.4 Å². The van der Waals surface area contributed by atoms with Crippen LogP contribution >= 0.6 is 0 Å². The normalized spacial score (nSPS) is 21.3. The first-order chi connectivity index (χ1) is 16.8. The predicted molar refractivity (Wildman–Crippen MR) is 147 cm³/mol. The van der Waals surface area contributed by atoms with Gasteiger partial charge in [0.1, 0.15) is 0 Å². The van der Waals surface area contributed by atoms with Gasteiger partial charge in [-0.3, -0.25) is 18.1 Å². The van der Waals surface area contributed by atoms with E-state index in [0.717, 1.165) is 0 Å². The zero-order chi connectivity index (χ0) is 27.6. The topological polar surface area (TPSA) is 86.8 Å². The lowest BCUT2D eigenvalue weighted by molar-refractivity contribution is -0.237. The van der Waals surface area contributed by atoms with Crippen molar-refractivity contribution >= 4 is 35.2 Å². The van der Waals surface area contributed by atoms with Crippen molar-refractivity contribution in [1.29, 1.82) is 0 Å². The number of hydrogen-bond donors (Lipinski definition) is 0. The van der Waals surface area contributed by atoms with Crippen molar-refractivity contribution in [1.82, 2.24) is 20.3 Å². The third-order valence-electron chi connectivity index (χ3n) is 5.27. The molecule has 0 unspecified atom stereocenters. The summed E-state index contributed by atoms with van der Waals surface area (Å²) in [5, 5.41) is 7.05. The molecule has 1 aliphatic heterocycles. The van der Waals surface area contributed by atoms with E-state index in [-0.39, 0.29) is 0 Å². The number of nitrogens with zero attached hydrogens (tertiary/aromatic N) is 4. The highest BCUT2D eigenvalue weighted by Crippen LogP contribution is 2.35. The molecular weight excluding hydrogens is 537 g/mol. The maximum atomic E-state index is 6.84. The Morgan fingerprint density at radius 3 is 0.806 bits per heavy atom. The number of hydrogen-bond acceptors (Lipinski definition) is 12. The summed E-state index contributed by atoms with van der Waals surface area (Å²) in [6.45, 7) is 28.7. The summed E-state index contributed by atoms with van der Waals surface area (Å²) >= 11 is 0. The average molecular weight is 589 g/mol. The minimum Gasteiger partial charge on any atom is -0.416 e. The molecule has 1 rings (SSSR count). The van der Waals surface area contributed by atoms with Crippen LogP contribution in [0.4, 0.5) is 0 Å². The van der Waals surface area contributed by atoms with Crippen LogP contribution in [0.5, 0.6) is 0 Å². The van der Waals surface area contributed by atoms with E-state index in [9.17, 15) is 0 Å². The summed E-state index contributed by atoms with van der Waals surface area (Å²) < 4.78 is 52.9. The molecule has 216 valence electrons. The van der Waals surface area contributed by atoms with E-state index in [1.54, 1.807) is 20.3 Å². The van der Waals surface area contributed by atoms with E-state index in [1.807, 2.05) is 81.6 Å². The van der Waals surface area contributed by atoms with Gasteiger partial charge < -0.3 is 16.5 Å². The lowest BCUT2D eigenvalue weighted by atomic mass is 10.6. The van der Waals surface area contributed by atoms with Crippen LogP contribution in [0.2, 0.25) is 26.2 Å². The Balaban J connectivity index is 3.80. The van der Waals surface area contributed by atoms with E-state index < -0.39 is 35.2 Å². The molecule has 0 radical (unpaired) electrons. The van der Waals surface area contributed by atoms with Crippen LogP contribution in [0.3, 0.4) is 0 Å². The zero-order valence-corrected chi connectivity index (χ0v) is 28.7. The molecule has 0 N–H and O–H groups in total. The minimum absolute atomic E-state index is 0.603. The molecule has 0 spiro atoms. The highest BCUT2D eigenvalue weighted by molar-refractivity contribution is 6.88. The van der Waals surface area contributed by atoms with Gasteiger partial charge in [0.25, 0.3) is 0 Å². The maximum Gasteiger partial charge on any atom is 0.699 e. The first-order valence-electron chi connectivity index (χ1n) is 13.4. The Morgan fingerprint density at radius 2 is 0.611 bits per heavy atom. The largest absolute Gasteiger partial charge is 0.699 e. The molecule has 1 aliphatic rings. The average Bonchev–Trinajstić information content (AvgIpc) is 2.80. The van der Waals surface area contributed by atoms with E-state index in [2.05, 4.69) is 0 Å². The van der Waals surface area contributed by atoms with Crippen molar-refractivity contribution in [2.45, 2.75) is 81.6 Å². The SMILES string of the molecule is CCN(CC)O[Si]1(ON(CC)CC)O[Si](C)(C)O[Si](C)(C)O[Si](ON(CC)CC)(ON(CC)CC)O1. The van der Waals surface area contributed by atoms with Gasteiger partial charge in [-0.25, -0.2) is 0 Å². The van der Waals surface area contributed by atoms with Gasteiger partial charge in [0.2, 0.25) is 0 Å². The molecule has 0 aromatic rings. The van der Waals surface area contributed by atoms with Gasteiger partial charge in [-0.2, -0.15) is 20.3 Å². The van der Waals surface area contributed by atoms with Crippen LogP contribution in [0.1, 0.15) is 55.4 Å². The lowest BCUT2D eigenvalue weighted by Gasteiger charge is -2.48. The van der Waals surface area contributed by atoms with Gasteiger partial charge in [-0.1, -0.05) is 55.4 Å². The number of hydroxylamine groups is 8. The summed E-state index contributed by atoms with van der Waals surface area (Å²) in [4.78, 5) is 0. The van der Waals surface area contributed by atoms with E-state index in [0.29, 0.717) is 52.4 Å². The van der Waals surface area contributed by atoms with Crippen molar-refractivity contribution in [3.8, 4) is 0 Å². The smallest absolute Gasteiger partial charge is 0.416 e. The van der Waals surface area contributed by atoms with Gasteiger partial charge in [-0.05, 0) is 26.2 Å². The molecule has 0 aromatic heterocycles. The molecule has 1 fully saturated rings. The molecule has 1 heterocycles. The molecule has 16 heteroatoms. The Bertz CT molecular complexity index is 547. The van der Waals surface area contributed by atoms with Crippen molar-refractivity contribution in [3.05, 3.63) is 0 Å². The highest BCUT2D eigenvalue weighted by atomic mass is 28.6. The summed E-state index contributed by atoms with van der Waals surface area (Å²) in [6, 6.07) is 0. The molecule has 0 aromatic carbocycles. The van der Waals surface area contributed by atoms with E-state index in [1.165, 1.54) is 0 Å². The van der Waals surface area contributed by atoms with E-state index >= 15 is 0 Å². The third-order valence-corrected chi connectivity index (χ3v) is 19.1. The van der Waals surface area contributed by atoms with Crippen LogP contribution in [-0.4, -0.2) is 108 Å². The van der Waals surface area contributed by atoms with Crippen molar-refractivity contribution in [3.63, 3.8) is 0 Å². The molecule has 0 aliphatic carbocycles. The fraction of sp³-hybridized carbons (Fsp3) is 1.00. The van der Waals surface area contributed by atoms with Gasteiger partial charge in [0.05, 0.1) is 0 Å². The van der Waals surface area contributed by atoms with Crippen LogP contribution < -0.4 is 0 Å². The van der Waals surface area contributed by atoms with E-state index in [4.69, 9.17) is 34.6 Å². The summed E-state index contributed by atoms with van der Waals surface area (Å²) in [6.07, 6.45) is 0. The fourth-order valence-corrected chi connectivity index (χ4v) is 20.2. The van der Waals surface area contributed by atoms with Crippen molar-refractivity contribution in [2.24, 2.45) is 0 Å². The summed E-state index contributed by atoms with van der Waals surface area (Å²) in [5.74, 6) is 0. The molecule has 0 saturated carbocycles. The molecular formula is C20H52N4O8Si4. The second kappa shape index (κ2) is 15.2. The van der Waals surface area contributed by atoms with Crippen LogP contribution in [0, 0.1) is 0 Å². The second-order valence-electron chi connectivity index (χ2n) is 9.03. The van der Waals surface area contributed by atoms with Gasteiger partial charge >= 0.3 is 35.2 Å². The Kier molecular flexibility index (Phi) is 14.6. The molecule has 36 heavy (non-hydrogen) atoms. The monoisotopic (exact) mass is 588 g/mol. The zero-order valence-electron chi connectivity index (χ0n) is 24.7. The molecule has 0 amide bonds. The molecule has 12 nitrogen and oxygen atoms in total. The maximum absolute atomic E-state index is 6.84. The standard InChI is InChI=1S/C20H52N4O8Si4/c1-13-21(14-2)25-35(26-22(15-3)16-4)30-33(9,10)29-34(11,12)31-36(32-35,27-23(17-5)18-6)28-24(19-7)20-8/h13-20H2,1-12H3. The van der Waals surface area contributed by atoms with Crippen LogP contribution in [0.15, 0.2) is 0 Å². The molecule has 0 bridgehead atoms. The molecule has 0 atom stereocenters. The van der Waals surface area contributed by atoms with Crippen LogP contribution in [-0.2, 0) is 34.6 Å². The third kappa shape index (κ3) is 10.5. The van der Waals surface area contributed by atoms with Crippen LogP contribution in [0.25, 0.3) is 0 Å². The predicted octanol–water partition coefficient (Wildman–Crippen LogP) is 3.43. The van der Waals surface area contributed by atoms with Gasteiger partial charge in [0, 0.05) is 52.4 Å². The van der Waals surface area contributed by atoms with Gasteiger partial charge in [-0.15, -0.1) is 0 Å². The Hall–Kier alpha value is 0.388. The quantitative estimate of drug-likeness (QED) is 0.196.